The van der Waals surface area contributed by atoms with Crippen LogP contribution in [0.15, 0.2) is 29.2 Å². The van der Waals surface area contributed by atoms with Gasteiger partial charge in [0.2, 0.25) is 0 Å². The lowest BCUT2D eigenvalue weighted by Crippen LogP contribution is -2.51. The first-order valence-corrected chi connectivity index (χ1v) is 8.58. The normalized spacial score (nSPS) is 14.5. The van der Waals surface area contributed by atoms with E-state index in [4.69, 9.17) is 0 Å². The summed E-state index contributed by atoms with van der Waals surface area (Å²) in [6.45, 7) is 8.81. The third-order valence-corrected chi connectivity index (χ3v) is 4.99. The van der Waals surface area contributed by atoms with Crippen molar-refractivity contribution in [3.05, 3.63) is 29.8 Å². The Hall–Kier alpha value is -0.510. The van der Waals surface area contributed by atoms with E-state index in [2.05, 4.69) is 57.3 Å². The molecule has 1 aromatic carbocycles. The van der Waals surface area contributed by atoms with Crippen molar-refractivity contribution in [1.29, 1.82) is 0 Å². The van der Waals surface area contributed by atoms with E-state index in [9.17, 15) is 5.11 Å². The lowest BCUT2D eigenvalue weighted by atomic mass is 9.91. The zero-order chi connectivity index (χ0) is 15.0. The number of aliphatic hydroxyl groups excluding tert-OH is 1. The summed E-state index contributed by atoms with van der Waals surface area (Å²) in [6.07, 6.45) is 3.11. The van der Waals surface area contributed by atoms with Crippen LogP contribution < -0.4 is 5.32 Å². The topological polar surface area (TPSA) is 32.3 Å². The molecule has 0 aliphatic carbocycles. The Kier molecular flexibility index (Phi) is 7.63. The predicted octanol–water partition coefficient (Wildman–Crippen LogP) is 4.01. The first-order chi connectivity index (χ1) is 9.53. The molecule has 0 heterocycles. The molecule has 1 atom stereocenters. The van der Waals surface area contributed by atoms with Crippen LogP contribution in [0, 0.1) is 6.92 Å². The number of hydrogen-bond acceptors (Lipinski definition) is 3. The van der Waals surface area contributed by atoms with E-state index < -0.39 is 0 Å². The second-order valence-corrected chi connectivity index (χ2v) is 6.95. The van der Waals surface area contributed by atoms with Gasteiger partial charge in [-0.25, -0.2) is 0 Å². The zero-order valence-electron chi connectivity index (χ0n) is 13.3. The molecule has 0 saturated heterocycles. The van der Waals surface area contributed by atoms with Crippen LogP contribution in [0.4, 0.5) is 0 Å². The summed E-state index contributed by atoms with van der Waals surface area (Å²) in [6, 6.07) is 8.93. The summed E-state index contributed by atoms with van der Waals surface area (Å²) in [7, 11) is 0. The van der Waals surface area contributed by atoms with Crippen LogP contribution in [0.2, 0.25) is 0 Å². The molecule has 1 rings (SSSR count). The van der Waals surface area contributed by atoms with E-state index in [1.807, 2.05) is 11.8 Å². The summed E-state index contributed by atoms with van der Waals surface area (Å²) in [4.78, 5) is 1.37. The molecule has 0 fully saturated rings. The summed E-state index contributed by atoms with van der Waals surface area (Å²) in [5, 5.41) is 13.3. The monoisotopic (exact) mass is 295 g/mol. The van der Waals surface area contributed by atoms with E-state index in [0.29, 0.717) is 6.04 Å². The number of benzene rings is 1. The van der Waals surface area contributed by atoms with Crippen LogP contribution in [0.5, 0.6) is 0 Å². The van der Waals surface area contributed by atoms with Crippen molar-refractivity contribution in [2.24, 2.45) is 0 Å². The molecular formula is C17H29NOS. The number of rotatable bonds is 9. The molecule has 0 spiro atoms. The Balaban J connectivity index is 2.43. The maximum atomic E-state index is 9.72. The van der Waals surface area contributed by atoms with Crippen LogP contribution in [-0.4, -0.2) is 29.0 Å². The molecule has 2 N–H and O–H groups in total. The van der Waals surface area contributed by atoms with Gasteiger partial charge in [-0.05, 0) is 43.6 Å². The van der Waals surface area contributed by atoms with Crippen molar-refractivity contribution in [2.45, 2.75) is 63.4 Å². The van der Waals surface area contributed by atoms with Gasteiger partial charge in [0.25, 0.3) is 0 Å². The van der Waals surface area contributed by atoms with Gasteiger partial charge in [0.05, 0.1) is 6.61 Å². The highest BCUT2D eigenvalue weighted by molar-refractivity contribution is 7.99. The smallest absolute Gasteiger partial charge is 0.0613 e. The van der Waals surface area contributed by atoms with Gasteiger partial charge in [0.15, 0.2) is 0 Å². The Bertz CT molecular complexity index is 388. The van der Waals surface area contributed by atoms with Crippen LogP contribution in [0.25, 0.3) is 0 Å². The van der Waals surface area contributed by atoms with E-state index in [1.165, 1.54) is 10.5 Å². The Morgan fingerprint density at radius 1 is 1.30 bits per heavy atom. The molecule has 0 aliphatic rings. The van der Waals surface area contributed by atoms with Crippen molar-refractivity contribution in [3.8, 4) is 0 Å². The zero-order valence-corrected chi connectivity index (χ0v) is 14.1. The minimum absolute atomic E-state index is 0.111. The third kappa shape index (κ3) is 5.47. The lowest BCUT2D eigenvalue weighted by Gasteiger charge is -2.34. The number of aliphatic hydroxyl groups is 1. The van der Waals surface area contributed by atoms with E-state index in [1.54, 1.807) is 0 Å². The lowest BCUT2D eigenvalue weighted by molar-refractivity contribution is 0.137. The largest absolute Gasteiger partial charge is 0.394 e. The molecule has 0 amide bonds. The van der Waals surface area contributed by atoms with Gasteiger partial charge in [-0.2, -0.15) is 0 Å². The number of thioether (sulfide) groups is 1. The fraction of sp³-hybridized carbons (Fsp3) is 0.647. The highest BCUT2D eigenvalue weighted by atomic mass is 32.2. The second kappa shape index (κ2) is 8.71. The van der Waals surface area contributed by atoms with Gasteiger partial charge in [0, 0.05) is 16.5 Å². The van der Waals surface area contributed by atoms with Gasteiger partial charge in [-0.1, -0.05) is 39.0 Å². The molecule has 0 aliphatic heterocycles. The standard InChI is InChI=1S/C17H29NOS/c1-5-17(13-19,18-14(2)3)11-8-12-20-16-10-7-6-9-15(16)4/h6-7,9-10,14,18-19H,5,8,11-13H2,1-4H3. The third-order valence-electron chi connectivity index (χ3n) is 3.73. The molecule has 1 unspecified atom stereocenters. The van der Waals surface area contributed by atoms with Crippen LogP contribution in [-0.2, 0) is 0 Å². The molecular weight excluding hydrogens is 266 g/mol. The number of hydrogen-bond donors (Lipinski definition) is 2. The second-order valence-electron chi connectivity index (χ2n) is 5.81. The Morgan fingerprint density at radius 3 is 2.55 bits per heavy atom. The van der Waals surface area contributed by atoms with Crippen LogP contribution >= 0.6 is 11.8 Å². The van der Waals surface area contributed by atoms with Crippen molar-refractivity contribution in [2.75, 3.05) is 12.4 Å². The van der Waals surface area contributed by atoms with Gasteiger partial charge in [-0.3, -0.25) is 0 Å². The maximum Gasteiger partial charge on any atom is 0.0613 e. The highest BCUT2D eigenvalue weighted by Gasteiger charge is 2.26. The summed E-state index contributed by atoms with van der Waals surface area (Å²) in [5.41, 5.74) is 1.24. The maximum absolute atomic E-state index is 9.72. The predicted molar refractivity (Wildman–Crippen MR) is 89.5 cm³/mol. The number of aryl methyl sites for hydroxylation is 1. The van der Waals surface area contributed by atoms with Crippen molar-refractivity contribution in [3.63, 3.8) is 0 Å². The van der Waals surface area contributed by atoms with Crippen LogP contribution in [0.3, 0.4) is 0 Å². The molecule has 114 valence electrons. The SMILES string of the molecule is CCC(CO)(CCCSc1ccccc1C)NC(C)C. The van der Waals surface area contributed by atoms with Crippen molar-refractivity contribution < 1.29 is 5.11 Å². The molecule has 3 heteroatoms. The molecule has 20 heavy (non-hydrogen) atoms. The van der Waals surface area contributed by atoms with Gasteiger partial charge in [0.1, 0.15) is 0 Å². The number of nitrogens with one attached hydrogen (secondary N) is 1. The molecule has 0 radical (unpaired) electrons. The van der Waals surface area contributed by atoms with Crippen molar-refractivity contribution >= 4 is 11.8 Å². The highest BCUT2D eigenvalue weighted by Crippen LogP contribution is 2.25. The van der Waals surface area contributed by atoms with Gasteiger partial charge in [-0.15, -0.1) is 11.8 Å². The average molecular weight is 295 g/mol. The van der Waals surface area contributed by atoms with E-state index >= 15 is 0 Å². The molecule has 2 nitrogen and oxygen atoms in total. The summed E-state index contributed by atoms with van der Waals surface area (Å²) in [5.74, 6) is 1.10. The molecule has 0 bridgehead atoms. The van der Waals surface area contributed by atoms with Crippen LogP contribution in [0.1, 0.15) is 45.6 Å². The fourth-order valence-electron chi connectivity index (χ4n) is 2.51. The van der Waals surface area contributed by atoms with Gasteiger partial charge >= 0.3 is 0 Å². The van der Waals surface area contributed by atoms with Crippen molar-refractivity contribution in [1.82, 2.24) is 5.32 Å². The minimum atomic E-state index is -0.111. The first-order valence-electron chi connectivity index (χ1n) is 7.60. The molecule has 1 aromatic rings. The van der Waals surface area contributed by atoms with Gasteiger partial charge < -0.3 is 10.4 Å². The fourth-order valence-corrected chi connectivity index (χ4v) is 3.49. The average Bonchev–Trinajstić information content (AvgIpc) is 2.43. The summed E-state index contributed by atoms with van der Waals surface area (Å²) < 4.78 is 0. The Labute approximate surface area is 128 Å². The Morgan fingerprint density at radius 2 is 2.00 bits per heavy atom. The quantitative estimate of drug-likeness (QED) is 0.533. The molecule has 0 saturated carbocycles. The van der Waals surface area contributed by atoms with E-state index in [0.717, 1.165) is 25.0 Å². The van der Waals surface area contributed by atoms with E-state index in [-0.39, 0.29) is 12.1 Å². The first kappa shape index (κ1) is 17.5. The minimum Gasteiger partial charge on any atom is -0.394 e. The summed E-state index contributed by atoms with van der Waals surface area (Å²) >= 11 is 1.92. The molecule has 0 aromatic heterocycles.